The van der Waals surface area contributed by atoms with Crippen molar-refractivity contribution >= 4 is 5.97 Å². The first-order chi connectivity index (χ1) is 17.2. The lowest BCUT2D eigenvalue weighted by Crippen LogP contribution is -2.44. The number of rotatable bonds is 9. The Kier molecular flexibility index (Phi) is 9.37. The highest BCUT2D eigenvalue weighted by atomic mass is 19.4. The van der Waals surface area contributed by atoms with Crippen LogP contribution in [-0.2, 0) is 16.6 Å². The normalized spacial score (nSPS) is 20.1. The van der Waals surface area contributed by atoms with Crippen LogP contribution >= 0.6 is 0 Å². The molecule has 0 amide bonds. The van der Waals surface area contributed by atoms with Crippen LogP contribution in [0.15, 0.2) is 42.5 Å². The third-order valence-electron chi connectivity index (χ3n) is 7.30. The van der Waals surface area contributed by atoms with Crippen molar-refractivity contribution in [2.24, 2.45) is 5.92 Å². The van der Waals surface area contributed by atoms with E-state index in [1.807, 2.05) is 24.3 Å². The molecule has 3 unspecified atom stereocenters. The summed E-state index contributed by atoms with van der Waals surface area (Å²) in [5, 5.41) is 9.35. The van der Waals surface area contributed by atoms with Crippen LogP contribution in [0.5, 0.6) is 0 Å². The molecule has 3 rings (SSSR count). The van der Waals surface area contributed by atoms with Crippen LogP contribution in [0.2, 0.25) is 0 Å². The topological polar surface area (TPSA) is 40.5 Å². The number of hydrogen-bond acceptors (Lipinski definition) is 2. The van der Waals surface area contributed by atoms with E-state index >= 15 is 0 Å². The van der Waals surface area contributed by atoms with Crippen LogP contribution < -0.4 is 0 Å². The predicted molar refractivity (Wildman–Crippen MR) is 133 cm³/mol. The van der Waals surface area contributed by atoms with E-state index in [2.05, 4.69) is 25.7 Å². The molecular weight excluding hydrogens is 489 g/mol. The Morgan fingerprint density at radius 3 is 2.19 bits per heavy atom. The molecular formula is C29H36F5NO2. The molecule has 37 heavy (non-hydrogen) atoms. The second kappa shape index (κ2) is 11.9. The zero-order valence-electron chi connectivity index (χ0n) is 21.6. The van der Waals surface area contributed by atoms with Crippen molar-refractivity contribution < 1.29 is 31.9 Å². The number of carbonyl (C=O) groups is 1. The second-order valence-electron chi connectivity index (χ2n) is 11.2. The summed E-state index contributed by atoms with van der Waals surface area (Å²) in [7, 11) is 0. The highest BCUT2D eigenvalue weighted by Crippen LogP contribution is 2.40. The van der Waals surface area contributed by atoms with Crippen molar-refractivity contribution in [3.05, 3.63) is 70.8 Å². The molecule has 1 fully saturated rings. The predicted octanol–water partition coefficient (Wildman–Crippen LogP) is 7.83. The Labute approximate surface area is 215 Å². The maximum absolute atomic E-state index is 13.7. The quantitative estimate of drug-likeness (QED) is 0.339. The fraction of sp³-hybridized carbons (Fsp3) is 0.552. The molecule has 0 bridgehead atoms. The number of alkyl halides is 3. The van der Waals surface area contributed by atoms with Gasteiger partial charge < -0.3 is 5.11 Å². The molecule has 2 aromatic carbocycles. The third-order valence-corrected chi connectivity index (χ3v) is 7.30. The molecule has 204 valence electrons. The first kappa shape index (κ1) is 29.1. The average molecular weight is 526 g/mol. The van der Waals surface area contributed by atoms with Crippen molar-refractivity contribution in [1.29, 1.82) is 0 Å². The van der Waals surface area contributed by atoms with Gasteiger partial charge in [-0.3, -0.25) is 9.69 Å². The van der Waals surface area contributed by atoms with Crippen molar-refractivity contribution in [3.63, 3.8) is 0 Å². The maximum atomic E-state index is 13.7. The first-order valence-corrected chi connectivity index (χ1v) is 12.8. The molecule has 1 aliphatic rings. The molecule has 8 heteroatoms. The van der Waals surface area contributed by atoms with Gasteiger partial charge in [0, 0.05) is 31.0 Å². The van der Waals surface area contributed by atoms with Gasteiger partial charge in [-0.2, -0.15) is 13.2 Å². The van der Waals surface area contributed by atoms with Crippen LogP contribution in [0.4, 0.5) is 22.0 Å². The van der Waals surface area contributed by atoms with E-state index in [9.17, 15) is 31.9 Å². The summed E-state index contributed by atoms with van der Waals surface area (Å²) in [6, 6.07) is 10.5. The van der Waals surface area contributed by atoms with Crippen LogP contribution in [0.25, 0.3) is 0 Å². The van der Waals surface area contributed by atoms with E-state index in [-0.39, 0.29) is 36.6 Å². The number of piperidine rings is 1. The lowest BCUT2D eigenvalue weighted by Gasteiger charge is -2.44. The van der Waals surface area contributed by atoms with E-state index in [1.54, 1.807) is 0 Å². The summed E-state index contributed by atoms with van der Waals surface area (Å²) >= 11 is 0. The molecule has 0 spiro atoms. The van der Waals surface area contributed by atoms with Gasteiger partial charge in [-0.1, -0.05) is 45.0 Å². The summed E-state index contributed by atoms with van der Waals surface area (Å²) < 4.78 is 67.2. The molecule has 2 aromatic rings. The maximum Gasteiger partial charge on any atom is 0.389 e. The number of likely N-dealkylation sites (tertiary alicyclic amines) is 1. The number of benzene rings is 2. The van der Waals surface area contributed by atoms with E-state index in [0.29, 0.717) is 31.4 Å². The van der Waals surface area contributed by atoms with Gasteiger partial charge in [0.15, 0.2) is 0 Å². The van der Waals surface area contributed by atoms with Crippen molar-refractivity contribution in [1.82, 2.24) is 4.90 Å². The third kappa shape index (κ3) is 8.80. The highest BCUT2D eigenvalue weighted by molar-refractivity contribution is 5.67. The van der Waals surface area contributed by atoms with Crippen molar-refractivity contribution in [2.75, 3.05) is 6.54 Å². The van der Waals surface area contributed by atoms with Crippen LogP contribution in [0, 0.1) is 17.6 Å². The molecule has 0 radical (unpaired) electrons. The van der Waals surface area contributed by atoms with Crippen LogP contribution in [0.1, 0.15) is 82.0 Å². The van der Waals surface area contributed by atoms with Crippen molar-refractivity contribution in [2.45, 2.75) is 89.4 Å². The molecule has 3 atom stereocenters. The monoisotopic (exact) mass is 525 g/mol. The summed E-state index contributed by atoms with van der Waals surface area (Å²) in [6.45, 7) is 6.75. The van der Waals surface area contributed by atoms with E-state index in [4.69, 9.17) is 0 Å². The summed E-state index contributed by atoms with van der Waals surface area (Å²) in [5.74, 6) is -2.40. The number of aliphatic carboxylic acids is 1. The number of halogens is 5. The zero-order valence-corrected chi connectivity index (χ0v) is 21.6. The average Bonchev–Trinajstić information content (AvgIpc) is 2.77. The fourth-order valence-electron chi connectivity index (χ4n) is 5.35. The van der Waals surface area contributed by atoms with Crippen molar-refractivity contribution in [3.8, 4) is 0 Å². The van der Waals surface area contributed by atoms with Gasteiger partial charge in [-0.15, -0.1) is 0 Å². The Morgan fingerprint density at radius 2 is 1.65 bits per heavy atom. The standard InChI is InChI=1S/C29H36F5NO2/c1-28(2,3)22-7-5-21(6-8-22)26-16-20(17-27(36)37)11-13-35(26)25(10-12-29(32,33)34)9-4-19-14-23(30)18-24(31)15-19/h5-8,14-15,18,20,25-26H,4,9-13,16-17H2,1-3H3,(H,36,37). The van der Waals surface area contributed by atoms with Gasteiger partial charge in [0.2, 0.25) is 0 Å². The van der Waals surface area contributed by atoms with Gasteiger partial charge in [0.1, 0.15) is 11.6 Å². The molecule has 3 nitrogen and oxygen atoms in total. The zero-order chi connectivity index (χ0) is 27.4. The molecule has 1 heterocycles. The molecule has 1 saturated heterocycles. The minimum Gasteiger partial charge on any atom is -0.481 e. The van der Waals surface area contributed by atoms with Crippen LogP contribution in [0.3, 0.4) is 0 Å². The first-order valence-electron chi connectivity index (χ1n) is 12.8. The summed E-state index contributed by atoms with van der Waals surface area (Å²) in [6.07, 6.45) is -3.77. The van der Waals surface area contributed by atoms with Gasteiger partial charge >= 0.3 is 12.1 Å². The Bertz CT molecular complexity index is 1030. The molecule has 1 aliphatic heterocycles. The van der Waals surface area contributed by atoms with E-state index in [1.165, 1.54) is 12.1 Å². The molecule has 0 saturated carbocycles. The van der Waals surface area contributed by atoms with E-state index in [0.717, 1.165) is 17.2 Å². The molecule has 0 aromatic heterocycles. The molecule has 0 aliphatic carbocycles. The number of nitrogens with zero attached hydrogens (tertiary/aromatic N) is 1. The minimum atomic E-state index is -4.32. The fourth-order valence-corrected chi connectivity index (χ4v) is 5.35. The van der Waals surface area contributed by atoms with Gasteiger partial charge in [-0.25, -0.2) is 8.78 Å². The lowest BCUT2D eigenvalue weighted by molar-refractivity contribution is -0.141. The lowest BCUT2D eigenvalue weighted by atomic mass is 9.81. The minimum absolute atomic E-state index is 0.0141. The second-order valence-corrected chi connectivity index (χ2v) is 11.2. The van der Waals surface area contributed by atoms with Gasteiger partial charge in [0.25, 0.3) is 0 Å². The number of carboxylic acids is 1. The molecule has 1 N–H and O–H groups in total. The number of hydrogen-bond donors (Lipinski definition) is 1. The Morgan fingerprint density at radius 1 is 1.03 bits per heavy atom. The van der Waals surface area contributed by atoms with E-state index < -0.39 is 36.2 Å². The Balaban J connectivity index is 1.90. The summed E-state index contributed by atoms with van der Waals surface area (Å²) in [5.41, 5.74) is 2.41. The SMILES string of the molecule is CC(C)(C)c1ccc(C2CC(CC(=O)O)CCN2C(CCc2cc(F)cc(F)c2)CCC(F)(F)F)cc1. The van der Waals surface area contributed by atoms with Crippen LogP contribution in [-0.4, -0.2) is 34.7 Å². The Hall–Kier alpha value is -2.48. The number of carboxylic acid groups (broad SMARTS) is 1. The summed E-state index contributed by atoms with van der Waals surface area (Å²) in [4.78, 5) is 13.5. The largest absolute Gasteiger partial charge is 0.481 e. The number of aryl methyl sites for hydroxylation is 1. The highest BCUT2D eigenvalue weighted by Gasteiger charge is 2.37. The van der Waals surface area contributed by atoms with Gasteiger partial charge in [0.05, 0.1) is 0 Å². The van der Waals surface area contributed by atoms with Gasteiger partial charge in [-0.05, 0) is 78.8 Å². The smallest absolute Gasteiger partial charge is 0.389 e.